The number of hydrogen-bond acceptors (Lipinski definition) is 4. The number of amides is 1. The summed E-state index contributed by atoms with van der Waals surface area (Å²) >= 11 is 1.58. The van der Waals surface area contributed by atoms with Crippen LogP contribution in [0.4, 0.5) is 13.2 Å². The average Bonchev–Trinajstić information content (AvgIpc) is 3.25. The van der Waals surface area contributed by atoms with Crippen LogP contribution in [0.15, 0.2) is 47.4 Å². The van der Waals surface area contributed by atoms with Crippen LogP contribution in [0.25, 0.3) is 11.3 Å². The second-order valence-corrected chi connectivity index (χ2v) is 5.94. The Morgan fingerprint density at radius 3 is 2.72 bits per heavy atom. The zero-order valence-electron chi connectivity index (χ0n) is 12.8. The summed E-state index contributed by atoms with van der Waals surface area (Å²) in [6, 6.07) is 5.74. The zero-order valence-corrected chi connectivity index (χ0v) is 13.6. The Kier molecular flexibility index (Phi) is 4.84. The summed E-state index contributed by atoms with van der Waals surface area (Å²) in [5.41, 5.74) is 0.928. The lowest BCUT2D eigenvalue weighted by Crippen LogP contribution is -2.27. The minimum atomic E-state index is -4.52. The molecule has 3 rings (SSSR count). The van der Waals surface area contributed by atoms with Gasteiger partial charge in [0.05, 0.1) is 17.8 Å². The van der Waals surface area contributed by atoms with Gasteiger partial charge in [0.15, 0.2) is 0 Å². The van der Waals surface area contributed by atoms with Gasteiger partial charge >= 0.3 is 6.18 Å². The minimum Gasteiger partial charge on any atom is -0.350 e. The van der Waals surface area contributed by atoms with Gasteiger partial charge in [-0.1, -0.05) is 0 Å². The molecule has 3 aromatic heterocycles. The maximum Gasteiger partial charge on any atom is 0.433 e. The van der Waals surface area contributed by atoms with E-state index in [1.807, 2.05) is 22.9 Å². The first-order valence-corrected chi connectivity index (χ1v) is 8.25. The first-order chi connectivity index (χ1) is 11.9. The molecule has 130 valence electrons. The van der Waals surface area contributed by atoms with Crippen LogP contribution in [0.2, 0.25) is 0 Å². The molecule has 0 saturated heterocycles. The summed E-state index contributed by atoms with van der Waals surface area (Å²) in [5, 5.41) is 11.0. The predicted molar refractivity (Wildman–Crippen MR) is 87.1 cm³/mol. The quantitative estimate of drug-likeness (QED) is 0.752. The minimum absolute atomic E-state index is 0.0763. The van der Waals surface area contributed by atoms with Crippen molar-refractivity contribution in [2.75, 3.05) is 6.54 Å². The number of halogens is 3. The number of pyridine rings is 1. The highest BCUT2D eigenvalue weighted by atomic mass is 32.1. The SMILES string of the molecule is O=C(NCCn1ccc(-c2ccsc2)n1)c1ccc(C(F)(F)F)nc1. The van der Waals surface area contributed by atoms with Crippen LogP contribution in [0.5, 0.6) is 0 Å². The van der Waals surface area contributed by atoms with Crippen LogP contribution in [0, 0.1) is 0 Å². The van der Waals surface area contributed by atoms with Gasteiger partial charge in [-0.25, -0.2) is 0 Å². The summed E-state index contributed by atoms with van der Waals surface area (Å²) < 4.78 is 39.0. The summed E-state index contributed by atoms with van der Waals surface area (Å²) in [6.45, 7) is 0.745. The molecular weight excluding hydrogens is 353 g/mol. The van der Waals surface area contributed by atoms with Gasteiger partial charge in [0.1, 0.15) is 5.69 Å². The van der Waals surface area contributed by atoms with Crippen molar-refractivity contribution < 1.29 is 18.0 Å². The third kappa shape index (κ3) is 4.24. The summed E-state index contributed by atoms with van der Waals surface area (Å²) in [7, 11) is 0. The van der Waals surface area contributed by atoms with Crippen molar-refractivity contribution in [2.24, 2.45) is 0 Å². The van der Waals surface area contributed by atoms with E-state index < -0.39 is 17.8 Å². The maximum absolute atomic E-state index is 12.4. The molecule has 25 heavy (non-hydrogen) atoms. The average molecular weight is 366 g/mol. The van der Waals surface area contributed by atoms with Gasteiger partial charge in [0, 0.05) is 29.9 Å². The highest BCUT2D eigenvalue weighted by Crippen LogP contribution is 2.27. The predicted octanol–water partition coefficient (Wildman–Crippen LogP) is 3.46. The monoisotopic (exact) mass is 366 g/mol. The Hall–Kier alpha value is -2.68. The van der Waals surface area contributed by atoms with Crippen molar-refractivity contribution in [1.29, 1.82) is 0 Å². The van der Waals surface area contributed by atoms with Gasteiger partial charge in [0.25, 0.3) is 5.91 Å². The van der Waals surface area contributed by atoms with Crippen molar-refractivity contribution in [1.82, 2.24) is 20.1 Å². The fraction of sp³-hybridized carbons (Fsp3) is 0.188. The molecule has 0 aliphatic carbocycles. The number of hydrogen-bond donors (Lipinski definition) is 1. The molecule has 0 unspecified atom stereocenters. The van der Waals surface area contributed by atoms with E-state index in [2.05, 4.69) is 15.4 Å². The molecule has 0 bridgehead atoms. The van der Waals surface area contributed by atoms with E-state index in [-0.39, 0.29) is 5.56 Å². The standard InChI is InChI=1S/C16H13F3N4OS/c17-16(18,19)14-2-1-11(9-21-14)15(24)20-5-7-23-6-3-13(22-23)12-4-8-25-10-12/h1-4,6,8-10H,5,7H2,(H,20,24). The number of carbonyl (C=O) groups is 1. The summed E-state index contributed by atoms with van der Waals surface area (Å²) in [5.74, 6) is -0.480. The van der Waals surface area contributed by atoms with Gasteiger partial charge in [0.2, 0.25) is 0 Å². The number of nitrogens with one attached hydrogen (secondary N) is 1. The Balaban J connectivity index is 1.53. The van der Waals surface area contributed by atoms with Crippen molar-refractivity contribution >= 4 is 17.2 Å². The van der Waals surface area contributed by atoms with Crippen LogP contribution in [0.1, 0.15) is 16.1 Å². The molecule has 0 fully saturated rings. The molecule has 0 aliphatic rings. The lowest BCUT2D eigenvalue weighted by Gasteiger charge is -2.07. The fourth-order valence-corrected chi connectivity index (χ4v) is 2.78. The molecule has 1 amide bonds. The van der Waals surface area contributed by atoms with E-state index >= 15 is 0 Å². The molecule has 3 heterocycles. The van der Waals surface area contributed by atoms with Crippen LogP contribution >= 0.6 is 11.3 Å². The first-order valence-electron chi connectivity index (χ1n) is 7.31. The molecule has 0 saturated carbocycles. The molecule has 0 radical (unpaired) electrons. The lowest BCUT2D eigenvalue weighted by atomic mass is 10.2. The Morgan fingerprint density at radius 2 is 2.08 bits per heavy atom. The molecule has 0 spiro atoms. The fourth-order valence-electron chi connectivity index (χ4n) is 2.13. The molecule has 0 atom stereocenters. The highest BCUT2D eigenvalue weighted by Gasteiger charge is 2.32. The van der Waals surface area contributed by atoms with Crippen LogP contribution in [-0.4, -0.2) is 27.2 Å². The molecule has 5 nitrogen and oxygen atoms in total. The number of thiophene rings is 1. The Labute approximate surface area is 145 Å². The van der Waals surface area contributed by atoms with E-state index in [0.717, 1.165) is 29.6 Å². The number of nitrogens with zero attached hydrogens (tertiary/aromatic N) is 3. The van der Waals surface area contributed by atoms with E-state index in [9.17, 15) is 18.0 Å². The van der Waals surface area contributed by atoms with Crippen LogP contribution in [0.3, 0.4) is 0 Å². The number of rotatable bonds is 5. The van der Waals surface area contributed by atoms with E-state index in [1.54, 1.807) is 22.2 Å². The normalized spacial score (nSPS) is 11.5. The first kappa shape index (κ1) is 17.2. The Morgan fingerprint density at radius 1 is 1.24 bits per heavy atom. The van der Waals surface area contributed by atoms with Crippen molar-refractivity contribution in [2.45, 2.75) is 12.7 Å². The van der Waals surface area contributed by atoms with E-state index in [4.69, 9.17) is 0 Å². The topological polar surface area (TPSA) is 59.8 Å². The molecule has 0 aliphatic heterocycles. The van der Waals surface area contributed by atoms with Crippen LogP contribution < -0.4 is 5.32 Å². The molecule has 9 heteroatoms. The van der Waals surface area contributed by atoms with Crippen LogP contribution in [-0.2, 0) is 12.7 Å². The van der Waals surface area contributed by atoms with E-state index in [1.165, 1.54) is 0 Å². The highest BCUT2D eigenvalue weighted by molar-refractivity contribution is 7.08. The zero-order chi connectivity index (χ0) is 17.9. The molecular formula is C16H13F3N4OS. The molecule has 0 aromatic carbocycles. The third-order valence-corrected chi connectivity index (χ3v) is 4.08. The number of alkyl halides is 3. The van der Waals surface area contributed by atoms with E-state index in [0.29, 0.717) is 13.1 Å². The van der Waals surface area contributed by atoms with Gasteiger partial charge in [-0.15, -0.1) is 0 Å². The van der Waals surface area contributed by atoms with Gasteiger partial charge in [-0.3, -0.25) is 14.5 Å². The Bertz CT molecular complexity index is 841. The van der Waals surface area contributed by atoms with Crippen molar-refractivity contribution in [3.05, 3.63) is 58.7 Å². The van der Waals surface area contributed by atoms with Crippen molar-refractivity contribution in [3.8, 4) is 11.3 Å². The summed E-state index contributed by atoms with van der Waals surface area (Å²) in [4.78, 5) is 15.2. The van der Waals surface area contributed by atoms with Crippen molar-refractivity contribution in [3.63, 3.8) is 0 Å². The smallest absolute Gasteiger partial charge is 0.350 e. The molecule has 1 N–H and O–H groups in total. The largest absolute Gasteiger partial charge is 0.433 e. The van der Waals surface area contributed by atoms with Gasteiger partial charge < -0.3 is 5.32 Å². The second-order valence-electron chi connectivity index (χ2n) is 5.16. The van der Waals surface area contributed by atoms with Gasteiger partial charge in [-0.2, -0.15) is 29.6 Å². The maximum atomic E-state index is 12.4. The number of carbonyl (C=O) groups excluding carboxylic acids is 1. The van der Waals surface area contributed by atoms with Gasteiger partial charge in [-0.05, 0) is 29.6 Å². The lowest BCUT2D eigenvalue weighted by molar-refractivity contribution is -0.141. The second kappa shape index (κ2) is 7.06. The summed E-state index contributed by atoms with van der Waals surface area (Å²) in [6.07, 6.45) is -1.80. The third-order valence-electron chi connectivity index (χ3n) is 3.40. The number of aromatic nitrogens is 3. The molecule has 3 aromatic rings.